The quantitative estimate of drug-likeness (QED) is 0.0657. The molecular formula is C37H35BrF9N3O4. The number of nitrogens with zero attached hydrogens (tertiary/aromatic N) is 1. The zero-order valence-corrected chi connectivity index (χ0v) is 30.3. The zero-order valence-electron chi connectivity index (χ0n) is 28.8. The second-order valence-corrected chi connectivity index (χ2v) is 11.8. The van der Waals surface area contributed by atoms with Gasteiger partial charge in [-0.3, -0.25) is 9.59 Å². The molecular weight excluding hydrogens is 801 g/mol. The Morgan fingerprint density at radius 2 is 1.22 bits per heavy atom. The predicted molar refractivity (Wildman–Crippen MR) is 191 cm³/mol. The molecule has 0 aliphatic rings. The van der Waals surface area contributed by atoms with Gasteiger partial charge in [0.1, 0.15) is 17.1 Å². The maximum Gasteiger partial charge on any atom is 0.432 e. The highest BCUT2D eigenvalue weighted by atomic mass is 79.9. The molecule has 0 fully saturated rings. The Morgan fingerprint density at radius 1 is 0.667 bits per heavy atom. The summed E-state index contributed by atoms with van der Waals surface area (Å²) in [5.41, 5.74) is -2.04. The highest BCUT2D eigenvalue weighted by Gasteiger charge is 2.39. The highest BCUT2D eigenvalue weighted by Crippen LogP contribution is 2.38. The molecule has 0 aliphatic carbocycles. The molecule has 2 N–H and O–H groups in total. The Kier molecular flexibility index (Phi) is 15.9. The van der Waals surface area contributed by atoms with Crippen LogP contribution in [0.15, 0.2) is 78.9 Å². The predicted octanol–water partition coefficient (Wildman–Crippen LogP) is 11.1. The first-order valence-electron chi connectivity index (χ1n) is 16.2. The summed E-state index contributed by atoms with van der Waals surface area (Å²) in [5, 5.41) is 2.13. The molecule has 3 heterocycles. The molecule has 7 nitrogen and oxygen atoms in total. The van der Waals surface area contributed by atoms with Crippen LogP contribution in [0.5, 0.6) is 0 Å². The molecule has 0 saturated carbocycles. The Labute approximate surface area is 311 Å². The normalized spacial score (nSPS) is 11.7. The van der Waals surface area contributed by atoms with Gasteiger partial charge in [-0.15, -0.1) is 0 Å². The number of aromatic amines is 2. The van der Waals surface area contributed by atoms with Gasteiger partial charge in [-0.25, -0.2) is 0 Å². The van der Waals surface area contributed by atoms with Gasteiger partial charge in [-0.1, -0.05) is 70.5 Å². The number of aromatic nitrogens is 3. The van der Waals surface area contributed by atoms with Crippen molar-refractivity contribution < 1.29 is 58.6 Å². The lowest BCUT2D eigenvalue weighted by atomic mass is 10.1. The van der Waals surface area contributed by atoms with Gasteiger partial charge in [0.15, 0.2) is 12.6 Å². The Balaban J connectivity index is 0.000000206. The highest BCUT2D eigenvalue weighted by molar-refractivity contribution is 9.09. The molecule has 0 radical (unpaired) electrons. The molecule has 3 aromatic carbocycles. The number of H-pyrrole nitrogens is 2. The summed E-state index contributed by atoms with van der Waals surface area (Å²) in [5.74, 6) is 0. The third-order valence-corrected chi connectivity index (χ3v) is 7.79. The van der Waals surface area contributed by atoms with Crippen molar-refractivity contribution in [2.45, 2.75) is 38.9 Å². The van der Waals surface area contributed by atoms with Crippen LogP contribution < -0.4 is 0 Å². The summed E-state index contributed by atoms with van der Waals surface area (Å²) in [4.78, 5) is 26.2. The first kappa shape index (κ1) is 43.8. The van der Waals surface area contributed by atoms with Crippen molar-refractivity contribution in [3.05, 3.63) is 107 Å². The second-order valence-electron chi connectivity index (χ2n) is 11.0. The molecule has 0 saturated heterocycles. The third kappa shape index (κ3) is 11.4. The average molecular weight is 837 g/mol. The maximum atomic E-state index is 13.2. The van der Waals surface area contributed by atoms with Crippen LogP contribution in [0.3, 0.4) is 0 Å². The number of ether oxygens (including phenoxy) is 2. The summed E-state index contributed by atoms with van der Waals surface area (Å²) < 4.78 is 125. The van der Waals surface area contributed by atoms with E-state index >= 15 is 0 Å². The summed E-state index contributed by atoms with van der Waals surface area (Å²) in [6.07, 6.45) is -12.9. The largest absolute Gasteiger partial charge is 0.432 e. The van der Waals surface area contributed by atoms with E-state index in [-0.39, 0.29) is 36.9 Å². The van der Waals surface area contributed by atoms with E-state index in [1.54, 1.807) is 61.5 Å². The lowest BCUT2D eigenvalue weighted by Gasteiger charge is -2.13. The molecule has 292 valence electrons. The fourth-order valence-corrected chi connectivity index (χ4v) is 5.45. The van der Waals surface area contributed by atoms with Crippen LogP contribution in [0, 0.1) is 0 Å². The minimum atomic E-state index is -4.58. The lowest BCUT2D eigenvalue weighted by molar-refractivity contribution is -0.144. The number of carbonyl (C=O) groups is 2. The van der Waals surface area contributed by atoms with E-state index in [4.69, 9.17) is 9.47 Å². The van der Waals surface area contributed by atoms with Crippen LogP contribution in [-0.2, 0) is 34.5 Å². The molecule has 54 heavy (non-hydrogen) atoms. The Morgan fingerprint density at radius 3 is 1.74 bits per heavy atom. The van der Waals surface area contributed by atoms with E-state index in [1.807, 2.05) is 6.92 Å². The molecule has 0 atom stereocenters. The first-order chi connectivity index (χ1) is 25.5. The molecule has 3 aromatic heterocycles. The number of fused-ring (bicyclic) bond motifs is 3. The number of alkyl halides is 10. The van der Waals surface area contributed by atoms with Crippen LogP contribution in [0.4, 0.5) is 39.5 Å². The molecule has 6 rings (SSSR count). The lowest BCUT2D eigenvalue weighted by Crippen LogP contribution is -2.17. The van der Waals surface area contributed by atoms with Crippen LogP contribution >= 0.6 is 15.9 Å². The molecule has 0 amide bonds. The van der Waals surface area contributed by atoms with Crippen molar-refractivity contribution in [2.24, 2.45) is 0 Å². The molecule has 0 aliphatic heterocycles. The minimum absolute atomic E-state index is 0.0526. The van der Waals surface area contributed by atoms with E-state index in [0.29, 0.717) is 39.3 Å². The Bertz CT molecular complexity index is 2060. The van der Waals surface area contributed by atoms with Gasteiger partial charge in [0.25, 0.3) is 0 Å². The van der Waals surface area contributed by atoms with E-state index in [9.17, 15) is 49.1 Å². The van der Waals surface area contributed by atoms with Gasteiger partial charge >= 0.3 is 18.5 Å². The molecule has 0 spiro atoms. The maximum absolute atomic E-state index is 13.2. The van der Waals surface area contributed by atoms with Crippen LogP contribution in [0.25, 0.3) is 32.7 Å². The van der Waals surface area contributed by atoms with Gasteiger partial charge in [0.05, 0.1) is 24.3 Å². The van der Waals surface area contributed by atoms with Gasteiger partial charge in [-0.05, 0) is 43.5 Å². The van der Waals surface area contributed by atoms with E-state index in [1.165, 1.54) is 18.2 Å². The average Bonchev–Trinajstić information content (AvgIpc) is 3.84. The van der Waals surface area contributed by atoms with Gasteiger partial charge in [0.2, 0.25) is 0 Å². The number of carbonyl (C=O) groups excluding carboxylic acids is 2. The topological polar surface area (TPSA) is 89.1 Å². The van der Waals surface area contributed by atoms with Crippen molar-refractivity contribution in [1.82, 2.24) is 14.5 Å². The number of aldehydes is 2. The van der Waals surface area contributed by atoms with Crippen molar-refractivity contribution in [3.63, 3.8) is 0 Å². The van der Waals surface area contributed by atoms with Crippen molar-refractivity contribution in [3.8, 4) is 0 Å². The minimum Gasteiger partial charge on any atom is -0.381 e. The monoisotopic (exact) mass is 835 g/mol. The van der Waals surface area contributed by atoms with Crippen LogP contribution in [0.2, 0.25) is 0 Å². The van der Waals surface area contributed by atoms with E-state index < -0.39 is 35.6 Å². The molecule has 17 heteroatoms. The van der Waals surface area contributed by atoms with Gasteiger partial charge in [-0.2, -0.15) is 39.5 Å². The Hall–Kier alpha value is -4.61. The summed E-state index contributed by atoms with van der Waals surface area (Å²) in [6, 6.07) is 20.3. The SMILES string of the molecule is CCOCCBr.CCOCCn1c(C(F)(F)F)c(C=O)c2ccccc21.FC(F)(F)c1cc2ccccc2[nH]1.O=Cc1c(C(F)(F)F)[nH]c2ccccc12. The number of halogens is 10. The van der Waals surface area contributed by atoms with Crippen LogP contribution in [0.1, 0.15) is 51.6 Å². The van der Waals surface area contributed by atoms with Crippen LogP contribution in [-0.4, -0.2) is 58.9 Å². The smallest absolute Gasteiger partial charge is 0.381 e. The van der Waals surface area contributed by atoms with Crippen molar-refractivity contribution >= 4 is 61.2 Å². The van der Waals surface area contributed by atoms with Crippen molar-refractivity contribution in [2.75, 3.05) is 31.8 Å². The molecule has 6 aromatic rings. The number of hydrogen-bond donors (Lipinski definition) is 2. The fourth-order valence-electron chi connectivity index (χ4n) is 5.22. The zero-order chi connectivity index (χ0) is 40.1. The van der Waals surface area contributed by atoms with Gasteiger partial charge in [0, 0.05) is 52.4 Å². The third-order valence-electron chi connectivity index (χ3n) is 7.47. The summed E-state index contributed by atoms with van der Waals surface area (Å²) in [7, 11) is 0. The van der Waals surface area contributed by atoms with Gasteiger partial charge < -0.3 is 24.0 Å². The first-order valence-corrected chi connectivity index (χ1v) is 17.3. The number of hydrogen-bond acceptors (Lipinski definition) is 4. The fraction of sp³-hybridized carbons (Fsp3) is 0.297. The summed E-state index contributed by atoms with van der Waals surface area (Å²) >= 11 is 3.23. The van der Waals surface area contributed by atoms with Crippen molar-refractivity contribution in [1.29, 1.82) is 0 Å². The standard InChI is InChI=1S/C14H14F3NO2.C10H6F3NO.C9H6F3N.C4H9BrO/c1-2-20-8-7-18-12-6-4-3-5-10(12)11(9-19)13(18)14(15,16)17;11-10(12,13)9-7(5-15)6-3-1-2-4-8(6)14-9;10-9(11,12)8-5-6-3-1-2-4-7(6)13-8;1-2-6-4-3-5/h3-6,9H,2,7-8H2,1H3;1-5,14H;1-5,13H;2-4H2,1H3. The number of para-hydroxylation sites is 3. The van der Waals surface area contributed by atoms with E-state index in [2.05, 4.69) is 25.9 Å². The number of nitrogens with one attached hydrogen (secondary N) is 2. The second kappa shape index (κ2) is 19.6. The molecule has 0 unspecified atom stereocenters. The van der Waals surface area contributed by atoms with E-state index in [0.717, 1.165) is 29.2 Å². The molecule has 0 bridgehead atoms. The summed E-state index contributed by atoms with van der Waals surface area (Å²) in [6.45, 7) is 6.06. The number of benzene rings is 3. The number of rotatable bonds is 9.